The zero-order chi connectivity index (χ0) is 12.8. The topological polar surface area (TPSA) is 21.3 Å². The van der Waals surface area contributed by atoms with Crippen LogP contribution >= 0.6 is 0 Å². The summed E-state index contributed by atoms with van der Waals surface area (Å²) in [6.07, 6.45) is 1.98. The van der Waals surface area contributed by atoms with Gasteiger partial charge in [0.2, 0.25) is 0 Å². The van der Waals surface area contributed by atoms with Crippen molar-refractivity contribution in [1.29, 1.82) is 0 Å². The lowest BCUT2D eigenvalue weighted by Crippen LogP contribution is -2.62. The van der Waals surface area contributed by atoms with Gasteiger partial charge in [-0.1, -0.05) is 32.0 Å². The maximum atomic E-state index is 14.0. The van der Waals surface area contributed by atoms with Crippen molar-refractivity contribution in [3.8, 4) is 0 Å². The zero-order valence-electron chi connectivity index (χ0n) is 11.0. The van der Waals surface area contributed by atoms with Crippen molar-refractivity contribution in [3.63, 3.8) is 0 Å². The number of morpholine rings is 1. The molecule has 0 aromatic heterocycles. The lowest BCUT2D eigenvalue weighted by Gasteiger charge is -2.58. The third kappa shape index (κ3) is 1.86. The second kappa shape index (κ2) is 4.04. The first-order chi connectivity index (χ1) is 8.53. The van der Waals surface area contributed by atoms with E-state index in [1.165, 1.54) is 6.07 Å². The largest absolute Gasteiger partial charge is 0.372 e. The molecule has 0 bridgehead atoms. The Bertz CT molecular complexity index is 450. The first-order valence-electron chi connectivity index (χ1n) is 6.64. The molecule has 98 valence electrons. The summed E-state index contributed by atoms with van der Waals surface area (Å²) in [5, 5.41) is 3.44. The third-order valence-electron chi connectivity index (χ3n) is 4.14. The van der Waals surface area contributed by atoms with Gasteiger partial charge in [0.05, 0.1) is 18.2 Å². The highest BCUT2D eigenvalue weighted by Crippen LogP contribution is 2.56. The second-order valence-corrected chi connectivity index (χ2v) is 6.34. The van der Waals surface area contributed by atoms with Crippen LogP contribution in [0.2, 0.25) is 0 Å². The summed E-state index contributed by atoms with van der Waals surface area (Å²) in [5.41, 5.74) is 0.847. The molecule has 2 nitrogen and oxygen atoms in total. The van der Waals surface area contributed by atoms with Crippen molar-refractivity contribution in [1.82, 2.24) is 5.32 Å². The molecule has 2 fully saturated rings. The molecule has 2 aliphatic rings. The van der Waals surface area contributed by atoms with E-state index in [1.54, 1.807) is 6.07 Å². The Labute approximate surface area is 108 Å². The van der Waals surface area contributed by atoms with Crippen molar-refractivity contribution in [2.45, 2.75) is 38.3 Å². The fourth-order valence-corrected chi connectivity index (χ4v) is 3.70. The molecular formula is C15H20FNO. The van der Waals surface area contributed by atoms with Crippen LogP contribution in [0.25, 0.3) is 0 Å². The number of benzene rings is 1. The number of hydrogen-bond donors (Lipinski definition) is 1. The van der Waals surface area contributed by atoms with Gasteiger partial charge in [0.25, 0.3) is 0 Å². The van der Waals surface area contributed by atoms with E-state index in [4.69, 9.17) is 4.74 Å². The van der Waals surface area contributed by atoms with Crippen molar-refractivity contribution in [2.75, 3.05) is 13.2 Å². The molecule has 1 heterocycles. The molecule has 0 amide bonds. The number of rotatable bonds is 1. The number of ether oxygens (including phenoxy) is 1. The van der Waals surface area contributed by atoms with Gasteiger partial charge in [0, 0.05) is 12.1 Å². The van der Waals surface area contributed by atoms with Crippen LogP contribution in [-0.2, 0) is 4.74 Å². The summed E-state index contributed by atoms with van der Waals surface area (Å²) in [7, 11) is 0. The minimum Gasteiger partial charge on any atom is -0.372 e. The standard InChI is InChI=1S/C15H20FNO/c1-14(2)9-15(10-14)13(17-7-8-18-15)11-5-3-4-6-12(11)16/h3-6,13,17H,7-10H2,1-2H3. The van der Waals surface area contributed by atoms with Gasteiger partial charge < -0.3 is 10.1 Å². The highest BCUT2D eigenvalue weighted by Gasteiger charge is 2.56. The van der Waals surface area contributed by atoms with Crippen molar-refractivity contribution >= 4 is 0 Å². The van der Waals surface area contributed by atoms with Gasteiger partial charge in [0.1, 0.15) is 5.82 Å². The van der Waals surface area contributed by atoms with Gasteiger partial charge in [-0.3, -0.25) is 0 Å². The predicted octanol–water partition coefficient (Wildman–Crippen LogP) is 3.05. The molecule has 1 N–H and O–H groups in total. The predicted molar refractivity (Wildman–Crippen MR) is 68.8 cm³/mol. The molecule has 1 aliphatic heterocycles. The summed E-state index contributed by atoms with van der Waals surface area (Å²) in [4.78, 5) is 0. The highest BCUT2D eigenvalue weighted by atomic mass is 19.1. The van der Waals surface area contributed by atoms with Gasteiger partial charge in [0.15, 0.2) is 0 Å². The minimum absolute atomic E-state index is 0.0134. The molecule has 1 unspecified atom stereocenters. The van der Waals surface area contributed by atoms with Gasteiger partial charge in [-0.05, 0) is 24.3 Å². The molecular weight excluding hydrogens is 229 g/mol. The summed E-state index contributed by atoms with van der Waals surface area (Å²) >= 11 is 0. The van der Waals surface area contributed by atoms with Crippen molar-refractivity contribution in [2.24, 2.45) is 5.41 Å². The number of nitrogens with one attached hydrogen (secondary N) is 1. The van der Waals surface area contributed by atoms with Crippen LogP contribution in [0.3, 0.4) is 0 Å². The van der Waals surface area contributed by atoms with Crippen LogP contribution in [0.15, 0.2) is 24.3 Å². The lowest BCUT2D eigenvalue weighted by molar-refractivity contribution is -0.196. The Morgan fingerprint density at radius 1 is 1.28 bits per heavy atom. The minimum atomic E-state index is -0.204. The summed E-state index contributed by atoms with van der Waals surface area (Å²) < 4.78 is 20.0. The molecule has 1 aromatic rings. The SMILES string of the molecule is CC1(C)CC2(C1)OCCNC2c1ccccc1F. The first kappa shape index (κ1) is 12.1. The Morgan fingerprint density at radius 3 is 2.67 bits per heavy atom. The van der Waals surface area contributed by atoms with Gasteiger partial charge in [-0.25, -0.2) is 4.39 Å². The molecule has 3 rings (SSSR count). The van der Waals surface area contributed by atoms with E-state index in [0.717, 1.165) is 31.6 Å². The smallest absolute Gasteiger partial charge is 0.128 e. The zero-order valence-corrected chi connectivity index (χ0v) is 11.0. The van der Waals surface area contributed by atoms with Gasteiger partial charge in [-0.15, -0.1) is 0 Å². The summed E-state index contributed by atoms with van der Waals surface area (Å²) in [6, 6.07) is 7.02. The van der Waals surface area contributed by atoms with E-state index in [2.05, 4.69) is 19.2 Å². The van der Waals surface area contributed by atoms with E-state index >= 15 is 0 Å². The highest BCUT2D eigenvalue weighted by molar-refractivity contribution is 5.27. The fraction of sp³-hybridized carbons (Fsp3) is 0.600. The Morgan fingerprint density at radius 2 is 2.00 bits per heavy atom. The van der Waals surface area contributed by atoms with Crippen molar-refractivity contribution in [3.05, 3.63) is 35.6 Å². The molecule has 1 saturated heterocycles. The molecule has 18 heavy (non-hydrogen) atoms. The van der Waals surface area contributed by atoms with Gasteiger partial charge >= 0.3 is 0 Å². The quantitative estimate of drug-likeness (QED) is 0.826. The number of halogens is 1. The summed E-state index contributed by atoms with van der Waals surface area (Å²) in [6.45, 7) is 6.01. The molecule has 1 atom stereocenters. The first-order valence-corrected chi connectivity index (χ1v) is 6.64. The van der Waals surface area contributed by atoms with Crippen LogP contribution in [0.4, 0.5) is 4.39 Å². The Kier molecular flexibility index (Phi) is 2.72. The Hall–Kier alpha value is -0.930. The lowest BCUT2D eigenvalue weighted by atomic mass is 9.57. The maximum Gasteiger partial charge on any atom is 0.128 e. The molecule has 1 aromatic carbocycles. The second-order valence-electron chi connectivity index (χ2n) is 6.34. The maximum absolute atomic E-state index is 14.0. The fourth-order valence-electron chi connectivity index (χ4n) is 3.70. The molecule has 1 spiro atoms. The molecule has 1 aliphatic carbocycles. The Balaban J connectivity index is 1.92. The molecule has 3 heteroatoms. The van der Waals surface area contributed by atoms with E-state index in [-0.39, 0.29) is 17.5 Å². The summed E-state index contributed by atoms with van der Waals surface area (Å²) in [5.74, 6) is -0.135. The van der Waals surface area contributed by atoms with E-state index in [0.29, 0.717) is 5.41 Å². The van der Waals surface area contributed by atoms with E-state index in [9.17, 15) is 4.39 Å². The van der Waals surface area contributed by atoms with E-state index in [1.807, 2.05) is 12.1 Å². The van der Waals surface area contributed by atoms with Crippen LogP contribution in [0, 0.1) is 11.2 Å². The van der Waals surface area contributed by atoms with Crippen LogP contribution < -0.4 is 5.32 Å². The van der Waals surface area contributed by atoms with Crippen molar-refractivity contribution < 1.29 is 9.13 Å². The third-order valence-corrected chi connectivity index (χ3v) is 4.14. The molecule has 1 saturated carbocycles. The normalized spacial score (nSPS) is 28.9. The van der Waals surface area contributed by atoms with E-state index < -0.39 is 0 Å². The van der Waals surface area contributed by atoms with Crippen LogP contribution in [0.5, 0.6) is 0 Å². The monoisotopic (exact) mass is 249 g/mol. The number of hydrogen-bond acceptors (Lipinski definition) is 2. The van der Waals surface area contributed by atoms with Crippen LogP contribution in [-0.4, -0.2) is 18.8 Å². The average Bonchev–Trinajstić information content (AvgIpc) is 2.28. The van der Waals surface area contributed by atoms with Gasteiger partial charge in [-0.2, -0.15) is 0 Å². The average molecular weight is 249 g/mol. The molecule has 0 radical (unpaired) electrons. The van der Waals surface area contributed by atoms with Crippen LogP contribution in [0.1, 0.15) is 38.3 Å².